The minimum atomic E-state index is 0.207. The highest BCUT2D eigenvalue weighted by Crippen LogP contribution is 2.31. The minimum Gasteiger partial charge on any atom is -0.339 e. The van der Waals surface area contributed by atoms with E-state index in [9.17, 15) is 4.79 Å². The summed E-state index contributed by atoms with van der Waals surface area (Å²) in [6, 6.07) is 0. The fourth-order valence-electron chi connectivity index (χ4n) is 2.89. The third-order valence-corrected chi connectivity index (χ3v) is 3.94. The van der Waals surface area contributed by atoms with E-state index in [1.54, 1.807) is 0 Å². The number of carbonyl (C=O) groups excluding carboxylic acids is 1. The van der Waals surface area contributed by atoms with Gasteiger partial charge in [0.25, 0.3) is 0 Å². The average molecular weight is 249 g/mol. The Bertz CT molecular complexity index is 424. The summed E-state index contributed by atoms with van der Waals surface area (Å²) in [5, 5.41) is 4.01. The van der Waals surface area contributed by atoms with Gasteiger partial charge >= 0.3 is 0 Å². The zero-order valence-corrected chi connectivity index (χ0v) is 10.6. The van der Waals surface area contributed by atoms with E-state index in [0.717, 1.165) is 31.7 Å². The predicted molar refractivity (Wildman–Crippen MR) is 64.8 cm³/mol. The molecule has 0 aromatic carbocycles. The van der Waals surface area contributed by atoms with Crippen LogP contribution in [-0.2, 0) is 11.3 Å². The smallest absolute Gasteiger partial charge is 0.229 e. The first-order valence-electron chi connectivity index (χ1n) is 6.93. The largest absolute Gasteiger partial charge is 0.339 e. The van der Waals surface area contributed by atoms with Crippen LogP contribution in [0, 0.1) is 0 Å². The Morgan fingerprint density at radius 3 is 2.78 bits per heavy atom. The fourth-order valence-corrected chi connectivity index (χ4v) is 2.89. The second-order valence-corrected chi connectivity index (χ2v) is 5.30. The van der Waals surface area contributed by atoms with Crippen LogP contribution in [0.3, 0.4) is 0 Å². The van der Waals surface area contributed by atoms with Crippen LogP contribution < -0.4 is 0 Å². The van der Waals surface area contributed by atoms with Crippen molar-refractivity contribution in [1.82, 2.24) is 15.0 Å². The van der Waals surface area contributed by atoms with E-state index in [4.69, 9.17) is 4.52 Å². The van der Waals surface area contributed by atoms with Gasteiger partial charge in [-0.15, -0.1) is 0 Å². The Morgan fingerprint density at radius 2 is 2.06 bits per heavy atom. The predicted octanol–water partition coefficient (Wildman–Crippen LogP) is 2.24. The van der Waals surface area contributed by atoms with Crippen LogP contribution in [0.15, 0.2) is 4.52 Å². The molecule has 18 heavy (non-hydrogen) atoms. The maximum Gasteiger partial charge on any atom is 0.229 e. The van der Waals surface area contributed by atoms with E-state index in [1.807, 2.05) is 4.90 Å². The lowest BCUT2D eigenvalue weighted by Gasteiger charge is -2.17. The SMILES string of the molecule is O=C1CCCN1Cc1noc(C2CCCCC2)n1. The molecule has 1 saturated heterocycles. The topological polar surface area (TPSA) is 59.2 Å². The zero-order valence-electron chi connectivity index (χ0n) is 10.6. The van der Waals surface area contributed by atoms with Crippen molar-refractivity contribution in [2.75, 3.05) is 6.54 Å². The molecule has 0 atom stereocenters. The molecule has 0 unspecified atom stereocenters. The van der Waals surface area contributed by atoms with E-state index in [0.29, 0.717) is 24.7 Å². The lowest BCUT2D eigenvalue weighted by atomic mass is 9.89. The highest BCUT2D eigenvalue weighted by molar-refractivity contribution is 5.77. The monoisotopic (exact) mass is 249 g/mol. The molecule has 1 aliphatic heterocycles. The molecule has 5 heteroatoms. The van der Waals surface area contributed by atoms with Gasteiger partial charge in [0.15, 0.2) is 5.82 Å². The van der Waals surface area contributed by atoms with Crippen molar-refractivity contribution in [1.29, 1.82) is 0 Å². The lowest BCUT2D eigenvalue weighted by molar-refractivity contribution is -0.128. The molecular weight excluding hydrogens is 230 g/mol. The average Bonchev–Trinajstić information content (AvgIpc) is 3.02. The molecule has 5 nitrogen and oxygen atoms in total. The van der Waals surface area contributed by atoms with Crippen molar-refractivity contribution in [2.45, 2.75) is 57.4 Å². The van der Waals surface area contributed by atoms with E-state index in [-0.39, 0.29) is 5.91 Å². The standard InChI is InChI=1S/C13H19N3O2/c17-12-7-4-8-16(12)9-11-14-13(18-15-11)10-5-2-1-3-6-10/h10H,1-9H2. The van der Waals surface area contributed by atoms with Crippen molar-refractivity contribution >= 4 is 5.91 Å². The molecule has 1 aromatic rings. The molecule has 1 saturated carbocycles. The van der Waals surface area contributed by atoms with Crippen molar-refractivity contribution in [3.63, 3.8) is 0 Å². The van der Waals surface area contributed by atoms with Crippen molar-refractivity contribution in [3.05, 3.63) is 11.7 Å². The van der Waals surface area contributed by atoms with Gasteiger partial charge in [-0.2, -0.15) is 4.98 Å². The maximum absolute atomic E-state index is 11.5. The maximum atomic E-state index is 11.5. The highest BCUT2D eigenvalue weighted by atomic mass is 16.5. The number of amides is 1. The van der Waals surface area contributed by atoms with Gasteiger partial charge in [-0.25, -0.2) is 0 Å². The fraction of sp³-hybridized carbons (Fsp3) is 0.769. The number of aromatic nitrogens is 2. The molecule has 2 aliphatic rings. The van der Waals surface area contributed by atoms with Gasteiger partial charge in [-0.3, -0.25) is 4.79 Å². The van der Waals surface area contributed by atoms with E-state index < -0.39 is 0 Å². The number of hydrogen-bond donors (Lipinski definition) is 0. The first kappa shape index (κ1) is 11.7. The van der Waals surface area contributed by atoms with Crippen LogP contribution in [0.5, 0.6) is 0 Å². The Labute approximate surface area is 107 Å². The van der Waals surface area contributed by atoms with Gasteiger partial charge in [0.1, 0.15) is 0 Å². The number of carbonyl (C=O) groups is 1. The number of hydrogen-bond acceptors (Lipinski definition) is 4. The van der Waals surface area contributed by atoms with Crippen LogP contribution in [-0.4, -0.2) is 27.5 Å². The highest BCUT2D eigenvalue weighted by Gasteiger charge is 2.24. The Hall–Kier alpha value is -1.39. The van der Waals surface area contributed by atoms with Gasteiger partial charge in [-0.1, -0.05) is 24.4 Å². The minimum absolute atomic E-state index is 0.207. The van der Waals surface area contributed by atoms with Gasteiger partial charge in [0.2, 0.25) is 11.8 Å². The van der Waals surface area contributed by atoms with E-state index in [2.05, 4.69) is 10.1 Å². The second kappa shape index (κ2) is 5.08. The van der Waals surface area contributed by atoms with Crippen LogP contribution in [0.2, 0.25) is 0 Å². The van der Waals surface area contributed by atoms with Crippen molar-refractivity contribution in [2.24, 2.45) is 0 Å². The third kappa shape index (κ3) is 2.40. The number of likely N-dealkylation sites (tertiary alicyclic amines) is 1. The van der Waals surface area contributed by atoms with Crippen LogP contribution >= 0.6 is 0 Å². The van der Waals surface area contributed by atoms with Crippen molar-refractivity contribution in [3.8, 4) is 0 Å². The lowest BCUT2D eigenvalue weighted by Crippen LogP contribution is -2.24. The quantitative estimate of drug-likeness (QED) is 0.824. The molecule has 0 bridgehead atoms. The molecule has 0 spiro atoms. The molecule has 1 aromatic heterocycles. The molecule has 2 heterocycles. The summed E-state index contributed by atoms with van der Waals surface area (Å²) < 4.78 is 5.35. The summed E-state index contributed by atoms with van der Waals surface area (Å²) in [6.45, 7) is 1.33. The summed E-state index contributed by atoms with van der Waals surface area (Å²) in [5.41, 5.74) is 0. The molecule has 1 aliphatic carbocycles. The molecule has 3 rings (SSSR count). The third-order valence-electron chi connectivity index (χ3n) is 3.94. The summed E-state index contributed by atoms with van der Waals surface area (Å²) in [7, 11) is 0. The molecule has 2 fully saturated rings. The van der Waals surface area contributed by atoms with Gasteiger partial charge in [-0.05, 0) is 19.3 Å². The summed E-state index contributed by atoms with van der Waals surface area (Å²) >= 11 is 0. The van der Waals surface area contributed by atoms with Crippen LogP contribution in [0.4, 0.5) is 0 Å². The van der Waals surface area contributed by atoms with Crippen LogP contribution in [0.1, 0.15) is 62.6 Å². The van der Waals surface area contributed by atoms with E-state index >= 15 is 0 Å². The zero-order chi connectivity index (χ0) is 12.4. The molecule has 1 amide bonds. The summed E-state index contributed by atoms with van der Waals surface area (Å²) in [5.74, 6) is 2.08. The number of nitrogens with zero attached hydrogens (tertiary/aromatic N) is 3. The van der Waals surface area contributed by atoms with E-state index in [1.165, 1.54) is 19.3 Å². The number of rotatable bonds is 3. The molecule has 0 N–H and O–H groups in total. The summed E-state index contributed by atoms with van der Waals surface area (Å²) in [4.78, 5) is 17.8. The Balaban J connectivity index is 1.63. The molecule has 0 radical (unpaired) electrons. The summed E-state index contributed by atoms with van der Waals surface area (Å²) in [6.07, 6.45) is 7.76. The Morgan fingerprint density at radius 1 is 1.22 bits per heavy atom. The molecular formula is C13H19N3O2. The van der Waals surface area contributed by atoms with Gasteiger partial charge in [0, 0.05) is 18.9 Å². The van der Waals surface area contributed by atoms with Gasteiger partial charge < -0.3 is 9.42 Å². The second-order valence-electron chi connectivity index (χ2n) is 5.30. The first-order chi connectivity index (χ1) is 8.83. The first-order valence-corrected chi connectivity index (χ1v) is 6.93. The molecule has 98 valence electrons. The van der Waals surface area contributed by atoms with Gasteiger partial charge in [0.05, 0.1) is 6.54 Å². The normalized spacial score (nSPS) is 21.8. The van der Waals surface area contributed by atoms with Crippen LogP contribution in [0.25, 0.3) is 0 Å². The Kier molecular flexibility index (Phi) is 3.30. The van der Waals surface area contributed by atoms with Crippen molar-refractivity contribution < 1.29 is 9.32 Å².